The van der Waals surface area contributed by atoms with Crippen LogP contribution in [0.3, 0.4) is 0 Å². The molecule has 43 heavy (non-hydrogen) atoms. The molecule has 1 unspecified atom stereocenters. The van der Waals surface area contributed by atoms with E-state index < -0.39 is 0 Å². The molecule has 0 spiro atoms. The van der Waals surface area contributed by atoms with E-state index in [1.807, 2.05) is 22.8 Å². The number of hydrogen-bond acceptors (Lipinski definition) is 8. The Morgan fingerprint density at radius 1 is 1.16 bits per heavy atom. The number of anilines is 2. The zero-order valence-electron chi connectivity index (χ0n) is 26.0. The monoisotopic (exact) mass is 582 g/mol. The lowest BCUT2D eigenvalue weighted by Crippen LogP contribution is -2.58. The summed E-state index contributed by atoms with van der Waals surface area (Å²) in [6, 6.07) is 7.01. The number of piperazine rings is 1. The molecule has 10 heteroatoms. The summed E-state index contributed by atoms with van der Waals surface area (Å²) < 4.78 is 8.35. The largest absolute Gasteiger partial charge is 0.475 e. The van der Waals surface area contributed by atoms with Crippen molar-refractivity contribution in [3.05, 3.63) is 53.4 Å². The molecule has 0 N–H and O–H groups in total. The van der Waals surface area contributed by atoms with Crippen molar-refractivity contribution in [1.29, 1.82) is 5.26 Å². The van der Waals surface area contributed by atoms with Gasteiger partial charge in [-0.1, -0.05) is 12.6 Å². The van der Waals surface area contributed by atoms with Crippen LogP contribution >= 0.6 is 0 Å². The molecule has 1 aromatic carbocycles. The number of fused-ring (bicyclic) bond motifs is 2. The van der Waals surface area contributed by atoms with Gasteiger partial charge in [0.2, 0.25) is 11.8 Å². The summed E-state index contributed by atoms with van der Waals surface area (Å²) in [7, 11) is 4.10. The fourth-order valence-electron chi connectivity index (χ4n) is 7.43. The zero-order valence-corrected chi connectivity index (χ0v) is 26.0. The predicted octanol–water partition coefficient (Wildman–Crippen LogP) is 3.80. The molecular formula is C33H42N8O2. The molecule has 2 saturated heterocycles. The number of nitriles is 1. The van der Waals surface area contributed by atoms with Gasteiger partial charge in [0.25, 0.3) is 0 Å². The van der Waals surface area contributed by atoms with E-state index in [9.17, 15) is 10.1 Å². The van der Waals surface area contributed by atoms with Gasteiger partial charge in [0.15, 0.2) is 0 Å². The average Bonchev–Trinajstić information content (AvgIpc) is 3.58. The Kier molecular flexibility index (Phi) is 7.77. The van der Waals surface area contributed by atoms with Crippen LogP contribution in [0.1, 0.15) is 49.1 Å². The molecule has 3 atom stereocenters. The van der Waals surface area contributed by atoms with E-state index in [1.54, 1.807) is 0 Å². The number of likely N-dealkylation sites (N-methyl/N-ethyl adjacent to an activating group) is 1. The zero-order chi connectivity index (χ0) is 30.4. The lowest BCUT2D eigenvalue weighted by molar-refractivity contribution is -0.130. The third-order valence-corrected chi connectivity index (χ3v) is 9.57. The van der Waals surface area contributed by atoms with Gasteiger partial charge in [-0.25, -0.2) is 4.98 Å². The standard InChI is InChI=1S/C33H42N8O2/c1-7-30(42)41-22(3)17-40(18-23(41)4)32-25-12-14-39(31-21(2)10-11-29-27(31)16-35-38(29)6)19-28(25)36-33(26(32)15-34)43-20-24-9-8-13-37(24)5/h7,10-11,16,22-24H,1,8-9,12-14,17-20H2,2-6H3/t22-,23+,24?. The first kappa shape index (κ1) is 29.0. The van der Waals surface area contributed by atoms with Crippen LogP contribution in [-0.2, 0) is 24.8 Å². The van der Waals surface area contributed by atoms with E-state index in [0.29, 0.717) is 43.7 Å². The predicted molar refractivity (Wildman–Crippen MR) is 168 cm³/mol. The smallest absolute Gasteiger partial charge is 0.246 e. The number of pyridine rings is 1. The maximum absolute atomic E-state index is 12.7. The number of likely N-dealkylation sites (tertiary alicyclic amines) is 1. The first-order valence-electron chi connectivity index (χ1n) is 15.4. The molecule has 6 rings (SSSR count). The van der Waals surface area contributed by atoms with E-state index in [0.717, 1.165) is 60.2 Å². The summed E-state index contributed by atoms with van der Waals surface area (Å²) >= 11 is 0. The van der Waals surface area contributed by atoms with Crippen molar-refractivity contribution >= 4 is 28.2 Å². The third-order valence-electron chi connectivity index (χ3n) is 9.57. The van der Waals surface area contributed by atoms with Crippen molar-refractivity contribution in [3.63, 3.8) is 0 Å². The summed E-state index contributed by atoms with van der Waals surface area (Å²) in [5.41, 5.74) is 6.95. The van der Waals surface area contributed by atoms with Crippen molar-refractivity contribution in [3.8, 4) is 11.9 Å². The van der Waals surface area contributed by atoms with Crippen molar-refractivity contribution in [1.82, 2.24) is 24.6 Å². The summed E-state index contributed by atoms with van der Waals surface area (Å²) in [6.45, 7) is 14.2. The molecule has 226 valence electrons. The van der Waals surface area contributed by atoms with Gasteiger partial charge >= 0.3 is 0 Å². The molecule has 2 aromatic heterocycles. The molecule has 3 aliphatic rings. The van der Waals surface area contributed by atoms with Gasteiger partial charge in [0.1, 0.15) is 18.2 Å². The topological polar surface area (TPSA) is 93.8 Å². The highest BCUT2D eigenvalue weighted by molar-refractivity contribution is 5.94. The molecule has 3 aliphatic heterocycles. The molecule has 5 heterocycles. The minimum absolute atomic E-state index is 0.0352. The van der Waals surface area contributed by atoms with Crippen LogP contribution in [0, 0.1) is 18.3 Å². The highest BCUT2D eigenvalue weighted by Gasteiger charge is 2.37. The minimum Gasteiger partial charge on any atom is -0.475 e. The number of rotatable bonds is 6. The Balaban J connectivity index is 1.41. The van der Waals surface area contributed by atoms with Crippen LogP contribution in [0.4, 0.5) is 11.4 Å². The minimum atomic E-state index is -0.0581. The van der Waals surface area contributed by atoms with Crippen LogP contribution in [0.2, 0.25) is 0 Å². The molecule has 3 aromatic rings. The van der Waals surface area contributed by atoms with Gasteiger partial charge in [-0.15, -0.1) is 0 Å². The Morgan fingerprint density at radius 2 is 1.93 bits per heavy atom. The number of carbonyl (C=O) groups is 1. The molecule has 0 aliphatic carbocycles. The SMILES string of the molecule is C=CC(=O)N1[C@H](C)CN(c2c(C#N)c(OCC3CCCN3C)nc3c2CCN(c2c(C)ccc4c2cnn4C)C3)C[C@@H]1C. The average molecular weight is 583 g/mol. The normalized spacial score (nSPS) is 22.5. The molecular weight excluding hydrogens is 540 g/mol. The third kappa shape index (κ3) is 5.10. The van der Waals surface area contributed by atoms with E-state index in [2.05, 4.69) is 72.4 Å². The van der Waals surface area contributed by atoms with Crippen LogP contribution in [0.25, 0.3) is 10.9 Å². The number of carbonyl (C=O) groups excluding carboxylic acids is 1. The Hall–Kier alpha value is -4.10. The van der Waals surface area contributed by atoms with E-state index >= 15 is 0 Å². The van der Waals surface area contributed by atoms with Crippen LogP contribution in [0.15, 0.2) is 31.0 Å². The molecule has 2 fully saturated rings. The lowest BCUT2D eigenvalue weighted by atomic mass is 9.95. The molecule has 0 bridgehead atoms. The second kappa shape index (κ2) is 11.5. The van der Waals surface area contributed by atoms with Gasteiger partial charge in [-0.3, -0.25) is 9.48 Å². The van der Waals surface area contributed by atoms with Gasteiger partial charge in [-0.2, -0.15) is 10.4 Å². The Morgan fingerprint density at radius 3 is 2.60 bits per heavy atom. The van der Waals surface area contributed by atoms with Gasteiger partial charge in [0, 0.05) is 55.8 Å². The van der Waals surface area contributed by atoms with E-state index in [-0.39, 0.29) is 18.0 Å². The number of ether oxygens (including phenoxy) is 1. The lowest BCUT2D eigenvalue weighted by Gasteiger charge is -2.46. The van der Waals surface area contributed by atoms with Crippen LogP contribution < -0.4 is 14.5 Å². The molecule has 1 amide bonds. The van der Waals surface area contributed by atoms with Gasteiger partial charge in [-0.05, 0) is 71.3 Å². The van der Waals surface area contributed by atoms with Crippen LogP contribution in [0.5, 0.6) is 5.88 Å². The molecule has 10 nitrogen and oxygen atoms in total. The Labute approximate surface area is 254 Å². The van der Waals surface area contributed by atoms with Crippen molar-refractivity contribution in [2.75, 3.05) is 49.6 Å². The molecule has 0 saturated carbocycles. The van der Waals surface area contributed by atoms with Crippen molar-refractivity contribution in [2.45, 2.75) is 64.7 Å². The highest BCUT2D eigenvalue weighted by Crippen LogP contribution is 2.40. The summed E-state index contributed by atoms with van der Waals surface area (Å²) in [5.74, 6) is 0.358. The molecule has 0 radical (unpaired) electrons. The van der Waals surface area contributed by atoms with E-state index in [1.165, 1.54) is 17.3 Å². The number of hydrogen-bond donors (Lipinski definition) is 0. The first-order chi connectivity index (χ1) is 20.7. The number of nitrogens with zero attached hydrogens (tertiary/aromatic N) is 8. The van der Waals surface area contributed by atoms with Crippen molar-refractivity contribution in [2.24, 2.45) is 7.05 Å². The van der Waals surface area contributed by atoms with E-state index in [4.69, 9.17) is 9.72 Å². The van der Waals surface area contributed by atoms with Crippen molar-refractivity contribution < 1.29 is 9.53 Å². The number of aryl methyl sites for hydroxylation is 2. The maximum Gasteiger partial charge on any atom is 0.246 e. The summed E-state index contributed by atoms with van der Waals surface area (Å²) in [4.78, 5) is 26.6. The van der Waals surface area contributed by atoms with Crippen LogP contribution in [-0.4, -0.2) is 88.4 Å². The number of aromatic nitrogens is 3. The summed E-state index contributed by atoms with van der Waals surface area (Å²) in [5, 5.41) is 16.2. The highest BCUT2D eigenvalue weighted by atomic mass is 16.5. The fraction of sp³-hybridized carbons (Fsp3) is 0.515. The maximum atomic E-state index is 12.7. The fourth-order valence-corrected chi connectivity index (χ4v) is 7.43. The van der Waals surface area contributed by atoms with Gasteiger partial charge < -0.3 is 24.3 Å². The second-order valence-electron chi connectivity index (χ2n) is 12.4. The number of amides is 1. The Bertz CT molecular complexity index is 1590. The van der Waals surface area contributed by atoms with Gasteiger partial charge in [0.05, 0.1) is 35.3 Å². The number of benzene rings is 1. The second-order valence-corrected chi connectivity index (χ2v) is 12.4. The first-order valence-corrected chi connectivity index (χ1v) is 15.4. The summed E-state index contributed by atoms with van der Waals surface area (Å²) in [6.07, 6.45) is 6.32. The quantitative estimate of drug-likeness (QED) is 0.406.